The maximum absolute atomic E-state index is 11.8. The second-order valence-electron chi connectivity index (χ2n) is 3.39. The molecule has 1 rings (SSSR count). The fourth-order valence-electron chi connectivity index (χ4n) is 1.19. The smallest absolute Gasteiger partial charge is 0.256 e. The Kier molecular flexibility index (Phi) is 5.67. The number of methoxy groups -OCH3 is 1. The van der Waals surface area contributed by atoms with E-state index in [-0.39, 0.29) is 22.7 Å². The zero-order chi connectivity index (χ0) is 12.8. The fourth-order valence-corrected chi connectivity index (χ4v) is 1.80. The van der Waals surface area contributed by atoms with Crippen LogP contribution in [0.25, 0.3) is 0 Å². The minimum atomic E-state index is -0.299. The van der Waals surface area contributed by atoms with Crippen LogP contribution in [0.1, 0.15) is 17.3 Å². The Hall–Kier alpha value is -0.850. The lowest BCUT2D eigenvalue weighted by molar-refractivity contribution is 0.0905. The molecule has 17 heavy (non-hydrogen) atoms. The van der Waals surface area contributed by atoms with E-state index in [1.165, 1.54) is 18.0 Å². The molecular weight excluding hydrogens is 262 g/mol. The third kappa shape index (κ3) is 4.14. The number of ether oxygens (including phenoxy) is 1. The van der Waals surface area contributed by atoms with Crippen LogP contribution in [0.2, 0.25) is 5.15 Å². The van der Waals surface area contributed by atoms with E-state index in [1.807, 2.05) is 13.2 Å². The average Bonchev–Trinajstić information content (AvgIpc) is 2.28. The van der Waals surface area contributed by atoms with Crippen LogP contribution < -0.4 is 5.32 Å². The van der Waals surface area contributed by atoms with Gasteiger partial charge in [0.1, 0.15) is 5.15 Å². The van der Waals surface area contributed by atoms with Gasteiger partial charge in [0, 0.05) is 19.3 Å². The first-order valence-corrected chi connectivity index (χ1v) is 6.55. The Balaban J connectivity index is 2.75. The predicted octanol–water partition coefficient (Wildman–Crippen LogP) is 1.62. The molecule has 1 amide bonds. The molecule has 1 unspecified atom stereocenters. The molecule has 0 saturated carbocycles. The number of nitrogens with one attached hydrogen (secondary N) is 1. The van der Waals surface area contributed by atoms with Crippen LogP contribution in [0, 0.1) is 0 Å². The van der Waals surface area contributed by atoms with Gasteiger partial charge in [0.2, 0.25) is 0 Å². The highest BCUT2D eigenvalue weighted by Gasteiger charge is 2.15. The van der Waals surface area contributed by atoms with Crippen molar-refractivity contribution in [2.75, 3.05) is 20.0 Å². The summed E-state index contributed by atoms with van der Waals surface area (Å²) >= 11 is 7.27. The molecule has 1 atom stereocenters. The molecule has 0 aliphatic rings. The minimum Gasteiger partial charge on any atom is -0.383 e. The number of aromatic nitrogens is 2. The van der Waals surface area contributed by atoms with Crippen LogP contribution >= 0.6 is 23.4 Å². The van der Waals surface area contributed by atoms with Crippen LogP contribution in [0.15, 0.2) is 11.4 Å². The normalized spacial score (nSPS) is 12.2. The number of amides is 1. The second kappa shape index (κ2) is 6.78. The number of rotatable bonds is 5. The minimum absolute atomic E-state index is 0.0937. The first kappa shape index (κ1) is 14.2. The summed E-state index contributed by atoms with van der Waals surface area (Å²) in [5, 5.41) is 3.44. The lowest BCUT2D eigenvalue weighted by Gasteiger charge is -2.12. The summed E-state index contributed by atoms with van der Waals surface area (Å²) in [6, 6.07) is -0.0937. The number of nitrogens with zero attached hydrogens (tertiary/aromatic N) is 2. The highest BCUT2D eigenvalue weighted by molar-refractivity contribution is 7.98. The van der Waals surface area contributed by atoms with Gasteiger partial charge in [-0.2, -0.15) is 0 Å². The summed E-state index contributed by atoms with van der Waals surface area (Å²) in [5.74, 6) is -0.299. The van der Waals surface area contributed by atoms with E-state index < -0.39 is 0 Å². The van der Waals surface area contributed by atoms with Crippen molar-refractivity contribution in [1.29, 1.82) is 0 Å². The van der Waals surface area contributed by atoms with E-state index in [9.17, 15) is 4.79 Å². The van der Waals surface area contributed by atoms with Gasteiger partial charge in [-0.25, -0.2) is 9.97 Å². The third-order valence-corrected chi connectivity index (χ3v) is 2.79. The van der Waals surface area contributed by atoms with Crippen LogP contribution in [-0.4, -0.2) is 41.9 Å². The molecule has 1 aromatic heterocycles. The van der Waals surface area contributed by atoms with Crippen molar-refractivity contribution < 1.29 is 9.53 Å². The van der Waals surface area contributed by atoms with E-state index in [2.05, 4.69) is 15.3 Å². The summed E-state index contributed by atoms with van der Waals surface area (Å²) in [7, 11) is 1.58. The Bertz CT molecular complexity index is 403. The quantitative estimate of drug-likeness (QED) is 0.503. The first-order chi connectivity index (χ1) is 8.08. The SMILES string of the molecule is COCC(C)NC(=O)c1cnc(SC)nc1Cl. The molecule has 94 valence electrons. The number of hydrogen-bond acceptors (Lipinski definition) is 5. The Morgan fingerprint density at radius 2 is 2.41 bits per heavy atom. The summed E-state index contributed by atoms with van der Waals surface area (Å²) < 4.78 is 4.92. The molecule has 0 aliphatic carbocycles. The molecule has 0 bridgehead atoms. The lowest BCUT2D eigenvalue weighted by atomic mass is 10.3. The molecule has 1 aromatic rings. The molecule has 0 aliphatic heterocycles. The molecule has 7 heteroatoms. The largest absolute Gasteiger partial charge is 0.383 e. The number of halogens is 1. The summed E-state index contributed by atoms with van der Waals surface area (Å²) in [6.07, 6.45) is 3.27. The van der Waals surface area contributed by atoms with Gasteiger partial charge in [-0.15, -0.1) is 0 Å². The maximum Gasteiger partial charge on any atom is 0.256 e. The second-order valence-corrected chi connectivity index (χ2v) is 4.52. The summed E-state index contributed by atoms with van der Waals surface area (Å²) in [6.45, 7) is 2.28. The van der Waals surface area contributed by atoms with Gasteiger partial charge in [0.05, 0.1) is 12.2 Å². The molecule has 0 radical (unpaired) electrons. The zero-order valence-electron chi connectivity index (χ0n) is 9.86. The predicted molar refractivity (Wildman–Crippen MR) is 67.6 cm³/mol. The topological polar surface area (TPSA) is 64.1 Å². The van der Waals surface area contributed by atoms with Gasteiger partial charge in [0.15, 0.2) is 5.16 Å². The fraction of sp³-hybridized carbons (Fsp3) is 0.500. The van der Waals surface area contributed by atoms with Crippen molar-refractivity contribution in [3.05, 3.63) is 16.9 Å². The Labute approximate surface area is 109 Å². The van der Waals surface area contributed by atoms with Crippen LogP contribution in [0.3, 0.4) is 0 Å². The van der Waals surface area contributed by atoms with E-state index in [1.54, 1.807) is 7.11 Å². The molecular formula is C10H14ClN3O2S. The molecule has 1 N–H and O–H groups in total. The number of thioether (sulfide) groups is 1. The van der Waals surface area contributed by atoms with Crippen LogP contribution in [-0.2, 0) is 4.74 Å². The average molecular weight is 276 g/mol. The molecule has 0 fully saturated rings. The van der Waals surface area contributed by atoms with Crippen LogP contribution in [0.4, 0.5) is 0 Å². The van der Waals surface area contributed by atoms with Gasteiger partial charge in [-0.1, -0.05) is 23.4 Å². The van der Waals surface area contributed by atoms with E-state index >= 15 is 0 Å². The third-order valence-electron chi connectivity index (χ3n) is 1.94. The number of hydrogen-bond donors (Lipinski definition) is 1. The number of carbonyl (C=O) groups excluding carboxylic acids is 1. The van der Waals surface area contributed by atoms with Crippen molar-refractivity contribution in [2.45, 2.75) is 18.1 Å². The van der Waals surface area contributed by atoms with Crippen molar-refractivity contribution in [2.24, 2.45) is 0 Å². The Morgan fingerprint density at radius 1 is 1.71 bits per heavy atom. The Morgan fingerprint density at radius 3 is 2.94 bits per heavy atom. The molecule has 5 nitrogen and oxygen atoms in total. The highest BCUT2D eigenvalue weighted by atomic mass is 35.5. The van der Waals surface area contributed by atoms with Crippen molar-refractivity contribution in [3.8, 4) is 0 Å². The molecule has 0 spiro atoms. The van der Waals surface area contributed by atoms with Gasteiger partial charge >= 0.3 is 0 Å². The highest BCUT2D eigenvalue weighted by Crippen LogP contribution is 2.16. The zero-order valence-corrected chi connectivity index (χ0v) is 11.4. The van der Waals surface area contributed by atoms with Gasteiger partial charge < -0.3 is 10.1 Å². The van der Waals surface area contributed by atoms with E-state index in [0.29, 0.717) is 11.8 Å². The monoisotopic (exact) mass is 275 g/mol. The van der Waals surface area contributed by atoms with Crippen molar-refractivity contribution >= 4 is 29.3 Å². The molecule has 0 saturated heterocycles. The summed E-state index contributed by atoms with van der Waals surface area (Å²) in [4.78, 5) is 19.8. The lowest BCUT2D eigenvalue weighted by Crippen LogP contribution is -2.35. The summed E-state index contributed by atoms with van der Waals surface area (Å²) in [5.41, 5.74) is 0.271. The van der Waals surface area contributed by atoms with Crippen LogP contribution in [0.5, 0.6) is 0 Å². The van der Waals surface area contributed by atoms with E-state index in [4.69, 9.17) is 16.3 Å². The van der Waals surface area contributed by atoms with Crippen molar-refractivity contribution in [3.63, 3.8) is 0 Å². The molecule has 1 heterocycles. The van der Waals surface area contributed by atoms with Gasteiger partial charge in [-0.3, -0.25) is 4.79 Å². The maximum atomic E-state index is 11.8. The van der Waals surface area contributed by atoms with Crippen molar-refractivity contribution in [1.82, 2.24) is 15.3 Å². The standard InChI is InChI=1S/C10H14ClN3O2S/c1-6(5-16-2)13-9(15)7-4-12-10(17-3)14-8(7)11/h4,6H,5H2,1-3H3,(H,13,15). The molecule has 0 aromatic carbocycles. The van der Waals surface area contributed by atoms with Gasteiger partial charge in [-0.05, 0) is 13.2 Å². The van der Waals surface area contributed by atoms with E-state index in [0.717, 1.165) is 0 Å². The first-order valence-electron chi connectivity index (χ1n) is 4.94. The van der Waals surface area contributed by atoms with Gasteiger partial charge in [0.25, 0.3) is 5.91 Å². The number of carbonyl (C=O) groups is 1.